The minimum Gasteiger partial charge on any atom is -0.292 e. The Balaban J connectivity index is 1.65. The van der Waals surface area contributed by atoms with E-state index in [0.29, 0.717) is 0 Å². The normalized spacial score (nSPS) is 11.0. The fourth-order valence-electron chi connectivity index (χ4n) is 3.69. The maximum Gasteiger partial charge on any atom is 0.145 e. The van der Waals surface area contributed by atoms with Gasteiger partial charge in [0, 0.05) is 11.3 Å². The number of benzene rings is 4. The molecule has 3 heteroatoms. The Labute approximate surface area is 165 Å². The first-order valence-electron chi connectivity index (χ1n) is 9.50. The lowest BCUT2D eigenvalue weighted by atomic mass is 9.92. The Morgan fingerprint density at radius 3 is 2.11 bits per heavy atom. The second-order valence-electron chi connectivity index (χ2n) is 7.04. The zero-order valence-corrected chi connectivity index (χ0v) is 15.7. The van der Waals surface area contributed by atoms with Gasteiger partial charge in [-0.25, -0.2) is 4.98 Å². The summed E-state index contributed by atoms with van der Waals surface area (Å²) in [6.45, 7) is 0. The Bertz CT molecular complexity index is 1250. The molecule has 0 aliphatic heterocycles. The standard InChI is InChI=1S/C25H19BN2/c26-21-8-6-7-20(17-21)18-13-15-19(16-14-18)25-27-23-11-4-5-12-24(23)28(25)22-9-2-1-3-10-22/h1-17H,26H2. The Morgan fingerprint density at radius 1 is 0.607 bits per heavy atom. The molecule has 2 nitrogen and oxygen atoms in total. The van der Waals surface area contributed by atoms with Crippen LogP contribution >= 0.6 is 0 Å². The minimum absolute atomic E-state index is 0.961. The first kappa shape index (κ1) is 16.6. The Kier molecular flexibility index (Phi) is 4.06. The highest BCUT2D eigenvalue weighted by atomic mass is 15.1. The summed E-state index contributed by atoms with van der Waals surface area (Å²) in [5.41, 5.74) is 8.08. The summed E-state index contributed by atoms with van der Waals surface area (Å²) in [7, 11) is 2.13. The number of fused-ring (bicyclic) bond motifs is 1. The number of hydrogen-bond donors (Lipinski definition) is 0. The molecule has 0 aliphatic carbocycles. The molecular formula is C25H19BN2. The van der Waals surface area contributed by atoms with Crippen LogP contribution < -0.4 is 5.46 Å². The lowest BCUT2D eigenvalue weighted by Crippen LogP contribution is -2.00. The van der Waals surface area contributed by atoms with Gasteiger partial charge in [-0.15, -0.1) is 0 Å². The highest BCUT2D eigenvalue weighted by molar-refractivity contribution is 6.32. The smallest absolute Gasteiger partial charge is 0.145 e. The van der Waals surface area contributed by atoms with Gasteiger partial charge in [-0.2, -0.15) is 0 Å². The maximum absolute atomic E-state index is 4.94. The van der Waals surface area contributed by atoms with E-state index in [1.165, 1.54) is 16.6 Å². The van der Waals surface area contributed by atoms with Gasteiger partial charge in [-0.05, 0) is 35.4 Å². The predicted molar refractivity (Wildman–Crippen MR) is 120 cm³/mol. The van der Waals surface area contributed by atoms with Crippen molar-refractivity contribution < 1.29 is 0 Å². The number of imidazole rings is 1. The average molecular weight is 358 g/mol. The van der Waals surface area contributed by atoms with Crippen LogP contribution in [0.5, 0.6) is 0 Å². The molecule has 4 aromatic carbocycles. The van der Waals surface area contributed by atoms with E-state index in [-0.39, 0.29) is 0 Å². The van der Waals surface area contributed by atoms with Crippen molar-refractivity contribution in [3.8, 4) is 28.2 Å². The molecule has 5 aromatic rings. The van der Waals surface area contributed by atoms with Crippen molar-refractivity contribution in [2.24, 2.45) is 0 Å². The third kappa shape index (κ3) is 2.91. The van der Waals surface area contributed by atoms with Crippen molar-refractivity contribution in [1.29, 1.82) is 0 Å². The van der Waals surface area contributed by atoms with Crippen molar-refractivity contribution in [3.05, 3.63) is 103 Å². The van der Waals surface area contributed by atoms with Crippen molar-refractivity contribution in [2.75, 3.05) is 0 Å². The van der Waals surface area contributed by atoms with Crippen LogP contribution in [0.15, 0.2) is 103 Å². The molecule has 28 heavy (non-hydrogen) atoms. The molecule has 0 bridgehead atoms. The second kappa shape index (κ2) is 6.86. The number of aromatic nitrogens is 2. The molecule has 1 heterocycles. The van der Waals surface area contributed by atoms with Crippen LogP contribution in [-0.4, -0.2) is 17.4 Å². The maximum atomic E-state index is 4.94. The molecule has 0 spiro atoms. The van der Waals surface area contributed by atoms with E-state index in [1.807, 2.05) is 12.1 Å². The minimum atomic E-state index is 0.961. The van der Waals surface area contributed by atoms with E-state index >= 15 is 0 Å². The number of hydrogen-bond acceptors (Lipinski definition) is 1. The van der Waals surface area contributed by atoms with Gasteiger partial charge >= 0.3 is 0 Å². The first-order chi connectivity index (χ1) is 13.8. The summed E-state index contributed by atoms with van der Waals surface area (Å²) >= 11 is 0. The topological polar surface area (TPSA) is 17.8 Å². The van der Waals surface area contributed by atoms with E-state index in [9.17, 15) is 0 Å². The van der Waals surface area contributed by atoms with Crippen LogP contribution in [0.1, 0.15) is 0 Å². The third-order valence-electron chi connectivity index (χ3n) is 5.07. The van der Waals surface area contributed by atoms with Gasteiger partial charge in [-0.3, -0.25) is 4.57 Å². The molecule has 132 valence electrons. The van der Waals surface area contributed by atoms with Crippen molar-refractivity contribution in [1.82, 2.24) is 9.55 Å². The van der Waals surface area contributed by atoms with Gasteiger partial charge in [0.05, 0.1) is 11.0 Å². The Morgan fingerprint density at radius 2 is 1.32 bits per heavy atom. The molecule has 5 rings (SSSR count). The number of rotatable bonds is 3. The van der Waals surface area contributed by atoms with Crippen LogP contribution in [0.25, 0.3) is 39.2 Å². The van der Waals surface area contributed by atoms with E-state index in [0.717, 1.165) is 28.1 Å². The molecule has 0 N–H and O–H groups in total. The molecule has 0 fully saturated rings. The van der Waals surface area contributed by atoms with Crippen LogP contribution in [0.2, 0.25) is 0 Å². The largest absolute Gasteiger partial charge is 0.292 e. The van der Waals surface area contributed by atoms with Crippen LogP contribution in [0.4, 0.5) is 0 Å². The molecule has 0 radical (unpaired) electrons. The molecule has 0 saturated carbocycles. The van der Waals surface area contributed by atoms with E-state index in [4.69, 9.17) is 4.98 Å². The summed E-state index contributed by atoms with van der Waals surface area (Å²) in [6.07, 6.45) is 0. The summed E-state index contributed by atoms with van der Waals surface area (Å²) < 4.78 is 2.23. The lowest BCUT2D eigenvalue weighted by molar-refractivity contribution is 1.10. The predicted octanol–water partition coefficient (Wildman–Crippen LogP) is 4.62. The van der Waals surface area contributed by atoms with E-state index in [1.54, 1.807) is 0 Å². The van der Waals surface area contributed by atoms with Crippen LogP contribution in [-0.2, 0) is 0 Å². The van der Waals surface area contributed by atoms with Gasteiger partial charge in [0.2, 0.25) is 0 Å². The van der Waals surface area contributed by atoms with Crippen LogP contribution in [0.3, 0.4) is 0 Å². The van der Waals surface area contributed by atoms with Crippen molar-refractivity contribution >= 4 is 24.3 Å². The zero-order chi connectivity index (χ0) is 18.9. The molecule has 0 saturated heterocycles. The molecule has 0 aliphatic rings. The SMILES string of the molecule is Bc1cccc(-c2ccc(-c3nc4ccccc4n3-c3ccccc3)cc2)c1. The molecule has 0 atom stereocenters. The quantitative estimate of drug-likeness (QED) is 0.431. The van der Waals surface area contributed by atoms with Gasteiger partial charge in [0.25, 0.3) is 0 Å². The van der Waals surface area contributed by atoms with Crippen LogP contribution in [0, 0.1) is 0 Å². The number of nitrogens with zero attached hydrogens (tertiary/aromatic N) is 2. The van der Waals surface area contributed by atoms with Gasteiger partial charge in [0.15, 0.2) is 0 Å². The lowest BCUT2D eigenvalue weighted by Gasteiger charge is -2.10. The molecule has 1 aromatic heterocycles. The van der Waals surface area contributed by atoms with Gasteiger partial charge in [-0.1, -0.05) is 84.3 Å². The summed E-state index contributed by atoms with van der Waals surface area (Å²) in [6, 6.07) is 36.0. The fraction of sp³-hybridized carbons (Fsp3) is 0. The zero-order valence-electron chi connectivity index (χ0n) is 15.7. The molecular weight excluding hydrogens is 339 g/mol. The molecule has 0 unspecified atom stereocenters. The fourth-order valence-corrected chi connectivity index (χ4v) is 3.69. The van der Waals surface area contributed by atoms with Crippen molar-refractivity contribution in [2.45, 2.75) is 0 Å². The van der Waals surface area contributed by atoms with Gasteiger partial charge < -0.3 is 0 Å². The summed E-state index contributed by atoms with van der Waals surface area (Å²) in [5, 5.41) is 0. The highest BCUT2D eigenvalue weighted by Gasteiger charge is 2.14. The summed E-state index contributed by atoms with van der Waals surface area (Å²) in [4.78, 5) is 4.94. The first-order valence-corrected chi connectivity index (χ1v) is 9.50. The third-order valence-corrected chi connectivity index (χ3v) is 5.07. The molecule has 0 amide bonds. The van der Waals surface area contributed by atoms with Gasteiger partial charge in [0.1, 0.15) is 13.7 Å². The second-order valence-corrected chi connectivity index (χ2v) is 7.04. The Hall–Kier alpha value is -3.59. The average Bonchev–Trinajstić information content (AvgIpc) is 3.14. The highest BCUT2D eigenvalue weighted by Crippen LogP contribution is 2.30. The summed E-state index contributed by atoms with van der Waals surface area (Å²) in [5.74, 6) is 0.961. The number of para-hydroxylation sites is 3. The van der Waals surface area contributed by atoms with E-state index < -0.39 is 0 Å². The van der Waals surface area contributed by atoms with E-state index in [2.05, 4.69) is 103 Å². The monoisotopic (exact) mass is 358 g/mol. The van der Waals surface area contributed by atoms with Crippen molar-refractivity contribution in [3.63, 3.8) is 0 Å².